The molecule has 0 bridgehead atoms. The highest BCUT2D eigenvalue weighted by Crippen LogP contribution is 2.20. The van der Waals surface area contributed by atoms with Crippen molar-refractivity contribution in [1.82, 2.24) is 16.2 Å². The molecule has 2 amide bonds. The van der Waals surface area contributed by atoms with Crippen LogP contribution in [0, 0.1) is 17.0 Å². The van der Waals surface area contributed by atoms with Gasteiger partial charge < -0.3 is 4.74 Å². The second-order valence-electron chi connectivity index (χ2n) is 5.46. The highest BCUT2D eigenvalue weighted by Gasteiger charge is 2.13. The standard InChI is InChI=1S/C17H15ClN4O5S/c1-10-7-13(5-6-14(10)18)27-9-15(23)20-21-17(28)19-16(24)11-3-2-4-12(8-11)22(25)26/h2-8H,9H2,1H3,(H,20,23)(H2,19,21,24,28). The molecule has 0 atom stereocenters. The van der Waals surface area contributed by atoms with Gasteiger partial charge in [0.2, 0.25) is 0 Å². The molecule has 9 nitrogen and oxygen atoms in total. The number of amides is 2. The molecule has 0 saturated heterocycles. The molecular weight excluding hydrogens is 408 g/mol. The summed E-state index contributed by atoms with van der Waals surface area (Å²) in [5, 5.41) is 13.4. The molecule has 0 spiro atoms. The van der Waals surface area contributed by atoms with Crippen LogP contribution in [0.1, 0.15) is 15.9 Å². The Kier molecular flexibility index (Phi) is 7.24. The first kappa shape index (κ1) is 21.1. The van der Waals surface area contributed by atoms with Crippen LogP contribution in [0.2, 0.25) is 5.02 Å². The lowest BCUT2D eigenvalue weighted by Gasteiger charge is -2.11. The minimum Gasteiger partial charge on any atom is -0.484 e. The topological polar surface area (TPSA) is 123 Å². The summed E-state index contributed by atoms with van der Waals surface area (Å²) in [6.07, 6.45) is 0. The molecule has 0 aromatic heterocycles. The fraction of sp³-hybridized carbons (Fsp3) is 0.118. The molecule has 2 aromatic carbocycles. The van der Waals surface area contributed by atoms with Gasteiger partial charge in [0.05, 0.1) is 4.92 Å². The number of nitro benzene ring substituents is 1. The van der Waals surface area contributed by atoms with E-state index in [9.17, 15) is 19.7 Å². The van der Waals surface area contributed by atoms with Gasteiger partial charge in [-0.3, -0.25) is 35.9 Å². The van der Waals surface area contributed by atoms with Gasteiger partial charge in [0.25, 0.3) is 17.5 Å². The number of aryl methyl sites for hydroxylation is 1. The number of hydrogen-bond donors (Lipinski definition) is 3. The van der Waals surface area contributed by atoms with Crippen LogP contribution in [0.15, 0.2) is 42.5 Å². The first-order valence-corrected chi connectivity index (χ1v) is 8.58. The number of non-ortho nitro benzene ring substituents is 1. The van der Waals surface area contributed by atoms with Crippen LogP contribution in [0.4, 0.5) is 5.69 Å². The highest BCUT2D eigenvalue weighted by molar-refractivity contribution is 7.80. The molecule has 146 valence electrons. The van der Waals surface area contributed by atoms with Crippen molar-refractivity contribution in [3.8, 4) is 5.75 Å². The van der Waals surface area contributed by atoms with E-state index in [-0.39, 0.29) is 23.0 Å². The lowest BCUT2D eigenvalue weighted by Crippen LogP contribution is -2.49. The number of nitro groups is 1. The zero-order chi connectivity index (χ0) is 20.7. The van der Waals surface area contributed by atoms with Crippen LogP contribution in [-0.2, 0) is 4.79 Å². The zero-order valence-corrected chi connectivity index (χ0v) is 16.1. The SMILES string of the molecule is Cc1cc(OCC(=O)NNC(=S)NC(=O)c2cccc([N+](=O)[O-])c2)ccc1Cl. The summed E-state index contributed by atoms with van der Waals surface area (Å²) in [7, 11) is 0. The number of hydrogen-bond acceptors (Lipinski definition) is 6. The predicted molar refractivity (Wildman–Crippen MR) is 106 cm³/mol. The monoisotopic (exact) mass is 422 g/mol. The lowest BCUT2D eigenvalue weighted by atomic mass is 10.2. The summed E-state index contributed by atoms with van der Waals surface area (Å²) in [6.45, 7) is 1.51. The van der Waals surface area contributed by atoms with E-state index in [0.717, 1.165) is 11.6 Å². The van der Waals surface area contributed by atoms with E-state index >= 15 is 0 Å². The molecule has 28 heavy (non-hydrogen) atoms. The lowest BCUT2D eigenvalue weighted by molar-refractivity contribution is -0.384. The van der Waals surface area contributed by atoms with Crippen molar-refractivity contribution in [2.24, 2.45) is 0 Å². The number of benzene rings is 2. The van der Waals surface area contributed by atoms with Crippen molar-refractivity contribution < 1.29 is 19.2 Å². The summed E-state index contributed by atoms with van der Waals surface area (Å²) in [6, 6.07) is 10.1. The summed E-state index contributed by atoms with van der Waals surface area (Å²) < 4.78 is 5.32. The first-order valence-electron chi connectivity index (χ1n) is 7.80. The maximum absolute atomic E-state index is 12.0. The van der Waals surface area contributed by atoms with Crippen LogP contribution >= 0.6 is 23.8 Å². The quantitative estimate of drug-likeness (QED) is 0.383. The number of carbonyl (C=O) groups is 2. The summed E-state index contributed by atoms with van der Waals surface area (Å²) in [5.74, 6) is -0.735. The first-order chi connectivity index (χ1) is 13.3. The van der Waals surface area contributed by atoms with Crippen molar-refractivity contribution >= 4 is 46.4 Å². The Bertz CT molecular complexity index is 938. The minimum absolute atomic E-state index is 0.0473. The van der Waals surface area contributed by atoms with E-state index in [1.54, 1.807) is 25.1 Å². The van der Waals surface area contributed by atoms with E-state index in [4.69, 9.17) is 28.6 Å². The third kappa shape index (κ3) is 6.18. The van der Waals surface area contributed by atoms with Crippen LogP contribution in [0.3, 0.4) is 0 Å². The van der Waals surface area contributed by atoms with E-state index < -0.39 is 16.7 Å². The Morgan fingerprint density at radius 3 is 2.64 bits per heavy atom. The summed E-state index contributed by atoms with van der Waals surface area (Å²) >= 11 is 10.8. The van der Waals surface area contributed by atoms with Gasteiger partial charge in [-0.1, -0.05) is 17.7 Å². The van der Waals surface area contributed by atoms with Gasteiger partial charge in [-0.2, -0.15) is 0 Å². The molecule has 0 fully saturated rings. The zero-order valence-electron chi connectivity index (χ0n) is 14.5. The third-order valence-electron chi connectivity index (χ3n) is 3.36. The fourth-order valence-corrected chi connectivity index (χ4v) is 2.25. The minimum atomic E-state index is -0.664. The number of carbonyl (C=O) groups excluding carboxylic acids is 2. The van der Waals surface area contributed by atoms with Crippen molar-refractivity contribution in [3.05, 3.63) is 68.7 Å². The Labute approximate surface area is 170 Å². The maximum atomic E-state index is 12.0. The number of hydrazine groups is 1. The molecule has 0 aliphatic carbocycles. The van der Waals surface area contributed by atoms with Crippen molar-refractivity contribution in [2.75, 3.05) is 6.61 Å². The number of nitrogens with zero attached hydrogens (tertiary/aromatic N) is 1. The van der Waals surface area contributed by atoms with Crippen molar-refractivity contribution in [2.45, 2.75) is 6.92 Å². The molecule has 0 unspecified atom stereocenters. The number of rotatable bonds is 5. The maximum Gasteiger partial charge on any atom is 0.276 e. The number of halogens is 1. The van der Waals surface area contributed by atoms with E-state index in [0.29, 0.717) is 10.8 Å². The molecule has 0 heterocycles. The van der Waals surface area contributed by atoms with Crippen LogP contribution in [0.5, 0.6) is 5.75 Å². The van der Waals surface area contributed by atoms with Gasteiger partial charge in [0, 0.05) is 22.7 Å². The smallest absolute Gasteiger partial charge is 0.276 e. The molecule has 0 aliphatic heterocycles. The Morgan fingerprint density at radius 2 is 1.96 bits per heavy atom. The number of nitrogens with one attached hydrogen (secondary N) is 3. The third-order valence-corrected chi connectivity index (χ3v) is 3.99. The predicted octanol–water partition coefficient (Wildman–Crippen LogP) is 2.27. The van der Waals surface area contributed by atoms with Crippen molar-refractivity contribution in [3.63, 3.8) is 0 Å². The molecule has 3 N–H and O–H groups in total. The Morgan fingerprint density at radius 1 is 1.21 bits per heavy atom. The van der Waals surface area contributed by atoms with Crippen LogP contribution < -0.4 is 20.9 Å². The number of ether oxygens (including phenoxy) is 1. The number of thiocarbonyl (C=S) groups is 1. The van der Waals surface area contributed by atoms with Gasteiger partial charge in [0.15, 0.2) is 11.7 Å². The Balaban J connectivity index is 1.79. The van der Waals surface area contributed by atoms with Gasteiger partial charge in [-0.25, -0.2) is 0 Å². The molecule has 2 aromatic rings. The van der Waals surface area contributed by atoms with Gasteiger partial charge in [-0.05, 0) is 49.0 Å². The van der Waals surface area contributed by atoms with E-state index in [1.165, 1.54) is 18.2 Å². The molecule has 0 radical (unpaired) electrons. The Hall–Kier alpha value is -3.24. The second kappa shape index (κ2) is 9.62. The summed E-state index contributed by atoms with van der Waals surface area (Å²) in [5.41, 5.74) is 5.23. The van der Waals surface area contributed by atoms with Gasteiger partial charge in [-0.15, -0.1) is 0 Å². The van der Waals surface area contributed by atoms with E-state index in [2.05, 4.69) is 16.2 Å². The molecular formula is C17H15ClN4O5S. The highest BCUT2D eigenvalue weighted by atomic mass is 35.5. The van der Waals surface area contributed by atoms with Gasteiger partial charge >= 0.3 is 0 Å². The van der Waals surface area contributed by atoms with Crippen molar-refractivity contribution in [1.29, 1.82) is 0 Å². The normalized spacial score (nSPS) is 9.93. The summed E-state index contributed by atoms with van der Waals surface area (Å²) in [4.78, 5) is 33.9. The molecule has 0 saturated carbocycles. The van der Waals surface area contributed by atoms with Gasteiger partial charge in [0.1, 0.15) is 5.75 Å². The largest absolute Gasteiger partial charge is 0.484 e. The average molecular weight is 423 g/mol. The molecule has 11 heteroatoms. The van der Waals surface area contributed by atoms with Crippen LogP contribution in [0.25, 0.3) is 0 Å². The average Bonchev–Trinajstić information content (AvgIpc) is 2.67. The molecule has 0 aliphatic rings. The molecule has 2 rings (SSSR count). The second-order valence-corrected chi connectivity index (χ2v) is 6.28. The fourth-order valence-electron chi connectivity index (χ4n) is 1.99. The van der Waals surface area contributed by atoms with E-state index in [1.807, 2.05) is 0 Å². The van der Waals surface area contributed by atoms with Crippen LogP contribution in [-0.4, -0.2) is 28.5 Å².